The first-order valence-corrected chi connectivity index (χ1v) is 4.10. The van der Waals surface area contributed by atoms with Crippen molar-refractivity contribution in [1.29, 1.82) is 0 Å². The molecule has 0 fully saturated rings. The van der Waals surface area contributed by atoms with Gasteiger partial charge in [0, 0.05) is 0 Å². The third-order valence-corrected chi connectivity index (χ3v) is 0. The molecule has 6 heteroatoms. The fourth-order valence-corrected chi connectivity index (χ4v) is 0. The zero-order valence-corrected chi connectivity index (χ0v) is 6.00. The topological polar surface area (TPSA) is 80.9 Å². The molecule has 0 aliphatic heterocycles. The summed E-state index contributed by atoms with van der Waals surface area (Å²) in [5, 5.41) is 1.25. The first-order valence-electron chi connectivity index (χ1n) is 2.31. The third kappa shape index (κ3) is 497. The first-order chi connectivity index (χ1) is 3.41. The molecule has 0 bridgehead atoms. The minimum atomic E-state index is -4.61. The van der Waals surface area contributed by atoms with Crippen LogP contribution in [0.4, 0.5) is 0 Å². The number of rotatable bonds is 0. The fourth-order valence-electron chi connectivity index (χ4n) is 0. The molecule has 0 aromatic heterocycles. The van der Waals surface area contributed by atoms with Gasteiger partial charge in [-0.1, -0.05) is 0 Å². The molecule has 0 atom stereocenters. The van der Waals surface area contributed by atoms with Gasteiger partial charge in [0.15, 0.2) is 0 Å². The molecule has 0 aliphatic rings. The summed E-state index contributed by atoms with van der Waals surface area (Å²) in [4.78, 5) is 29.3. The molecule has 0 aromatic rings. The van der Waals surface area contributed by atoms with E-state index >= 15 is 0 Å². The standard InChI is InChI=1S/C2H5.Li.H4O4Si/c1-2;;1-5(2,3)4/h1H2,2H3;;1-4H. The first kappa shape index (κ1) is 11.5. The van der Waals surface area contributed by atoms with Crippen molar-refractivity contribution in [2.75, 3.05) is 0 Å². The average molecular weight is 132 g/mol. The second-order valence-electron chi connectivity index (χ2n) is 1.31. The van der Waals surface area contributed by atoms with Gasteiger partial charge in [0.05, 0.1) is 0 Å². The van der Waals surface area contributed by atoms with Crippen molar-refractivity contribution < 1.29 is 19.2 Å². The van der Waals surface area contributed by atoms with Crippen LogP contribution in [0.3, 0.4) is 0 Å². The molecule has 0 aliphatic carbocycles. The van der Waals surface area contributed by atoms with Crippen LogP contribution >= 0.6 is 0 Å². The Bertz CT molecular complexity index is 37.8. The van der Waals surface area contributed by atoms with E-state index in [0.717, 1.165) is 0 Å². The van der Waals surface area contributed by atoms with Crippen LogP contribution in [0.25, 0.3) is 0 Å². The van der Waals surface area contributed by atoms with Crippen LogP contribution in [-0.4, -0.2) is 45.9 Å². The molecule has 46 valence electrons. The molecule has 8 heavy (non-hydrogen) atoms. The molecule has 0 radical (unpaired) electrons. The van der Waals surface area contributed by atoms with Gasteiger partial charge in [-0.3, -0.25) is 0 Å². The molecule has 0 rings (SSSR count). The van der Waals surface area contributed by atoms with Crippen molar-refractivity contribution in [3.63, 3.8) is 0 Å². The summed E-state index contributed by atoms with van der Waals surface area (Å²) < 4.78 is 0. The Hall–Kier alpha value is 0.654. The van der Waals surface area contributed by atoms with E-state index in [1.54, 1.807) is 0 Å². The molecule has 0 unspecified atom stereocenters. The van der Waals surface area contributed by atoms with E-state index in [-0.39, 0.29) is 0 Å². The van der Waals surface area contributed by atoms with Crippen LogP contribution in [0.5, 0.6) is 0 Å². The zero-order chi connectivity index (χ0) is 7.21. The monoisotopic (exact) mass is 132 g/mol. The Labute approximate surface area is 58.5 Å². The van der Waals surface area contributed by atoms with Gasteiger partial charge < -0.3 is 19.2 Å². The van der Waals surface area contributed by atoms with E-state index in [0.29, 0.717) is 0 Å². The molecular weight excluding hydrogens is 123 g/mol. The van der Waals surface area contributed by atoms with Crippen LogP contribution in [0.15, 0.2) is 0 Å². The van der Waals surface area contributed by atoms with Crippen LogP contribution < -0.4 is 0 Å². The van der Waals surface area contributed by atoms with Crippen molar-refractivity contribution in [1.82, 2.24) is 0 Å². The Kier molecular flexibility index (Phi) is 8.28. The molecule has 0 aromatic carbocycles. The van der Waals surface area contributed by atoms with Crippen molar-refractivity contribution >= 4 is 26.8 Å². The minimum absolute atomic E-state index is 1.25. The summed E-state index contributed by atoms with van der Waals surface area (Å²) in [5.41, 5.74) is 0. The maximum absolute atomic E-state index is 7.33. The maximum atomic E-state index is 7.33. The Morgan fingerprint density at radius 3 is 1.25 bits per heavy atom. The number of hydrogen-bond acceptors (Lipinski definition) is 4. The van der Waals surface area contributed by atoms with Crippen molar-refractivity contribution in [3.8, 4) is 0 Å². The van der Waals surface area contributed by atoms with E-state index in [4.69, 9.17) is 19.2 Å². The Morgan fingerprint density at radius 2 is 1.25 bits per heavy atom. The van der Waals surface area contributed by atoms with E-state index in [1.807, 2.05) is 0 Å². The number of hydrogen-bond donors (Lipinski definition) is 4. The quantitative estimate of drug-likeness (QED) is 0.287. The zero-order valence-electron chi connectivity index (χ0n) is 5.00. The van der Waals surface area contributed by atoms with E-state index in [1.165, 1.54) is 5.09 Å². The third-order valence-electron chi connectivity index (χ3n) is 0. The van der Waals surface area contributed by atoms with Gasteiger partial charge in [0.1, 0.15) is 0 Å². The second kappa shape index (κ2) is 5.78. The molecule has 0 saturated heterocycles. The summed E-state index contributed by atoms with van der Waals surface area (Å²) in [6.07, 6.45) is 0. The van der Waals surface area contributed by atoms with Crippen LogP contribution in [-0.2, 0) is 0 Å². The Balaban J connectivity index is 0. The van der Waals surface area contributed by atoms with E-state index in [9.17, 15) is 0 Å². The summed E-state index contributed by atoms with van der Waals surface area (Å²) in [6, 6.07) is 0. The van der Waals surface area contributed by atoms with Gasteiger partial charge in [0.2, 0.25) is 0 Å². The summed E-state index contributed by atoms with van der Waals surface area (Å²) in [7, 11) is -4.61. The molecular formula is C2H9LiO4Si. The summed E-state index contributed by atoms with van der Waals surface area (Å²) >= 11 is 2.12. The van der Waals surface area contributed by atoms with Crippen molar-refractivity contribution in [3.05, 3.63) is 0 Å². The van der Waals surface area contributed by atoms with Gasteiger partial charge in [-0.2, -0.15) is 0 Å². The normalized spacial score (nSPS) is 9.88. The van der Waals surface area contributed by atoms with Crippen molar-refractivity contribution in [2.45, 2.75) is 12.0 Å². The van der Waals surface area contributed by atoms with E-state index < -0.39 is 9.05 Å². The van der Waals surface area contributed by atoms with Gasteiger partial charge in [-0.15, -0.1) is 0 Å². The average Bonchev–Trinajstić information content (AvgIpc) is 1.27. The molecule has 4 N–H and O–H groups in total. The van der Waals surface area contributed by atoms with Crippen LogP contribution in [0.1, 0.15) is 6.92 Å². The van der Waals surface area contributed by atoms with Crippen LogP contribution in [0, 0.1) is 0 Å². The molecule has 0 amide bonds. The van der Waals surface area contributed by atoms with Gasteiger partial charge in [0.25, 0.3) is 0 Å². The van der Waals surface area contributed by atoms with Gasteiger partial charge in [-0.05, 0) is 0 Å². The predicted octanol–water partition coefficient (Wildman–Crippen LogP) is -2.02. The van der Waals surface area contributed by atoms with E-state index in [2.05, 4.69) is 24.6 Å². The molecule has 0 saturated carbocycles. The Morgan fingerprint density at radius 1 is 1.25 bits per heavy atom. The van der Waals surface area contributed by atoms with Gasteiger partial charge in [-0.25, -0.2) is 0 Å². The molecule has 4 nitrogen and oxygen atoms in total. The molecule has 0 spiro atoms. The molecule has 0 heterocycles. The second-order valence-corrected chi connectivity index (χ2v) is 2.51. The van der Waals surface area contributed by atoms with Crippen LogP contribution in [0.2, 0.25) is 5.09 Å². The summed E-state index contributed by atoms with van der Waals surface area (Å²) in [6.45, 7) is 2.12. The fraction of sp³-hybridized carbons (Fsp3) is 1.00. The SMILES string of the molecule is O[Si](O)(O)O.[Li][CH2]C. The van der Waals surface area contributed by atoms with Gasteiger partial charge >= 0.3 is 38.8 Å². The summed E-state index contributed by atoms with van der Waals surface area (Å²) in [5.74, 6) is 0. The predicted molar refractivity (Wildman–Crippen MR) is 30.9 cm³/mol. The van der Waals surface area contributed by atoms with Crippen molar-refractivity contribution in [2.24, 2.45) is 0 Å².